The average molecular weight is 540 g/mol. The van der Waals surface area contributed by atoms with Crippen LogP contribution in [-0.2, 0) is 10.1 Å². The van der Waals surface area contributed by atoms with Crippen LogP contribution in [-0.4, -0.2) is 68.6 Å². The fourth-order valence-corrected chi connectivity index (χ4v) is 4.85. The second-order valence-electron chi connectivity index (χ2n) is 9.16. The molecule has 1 aliphatic heterocycles. The van der Waals surface area contributed by atoms with Crippen LogP contribution in [0.5, 0.6) is 0 Å². The van der Waals surface area contributed by atoms with Crippen LogP contribution in [0.3, 0.4) is 0 Å². The van der Waals surface area contributed by atoms with Crippen LogP contribution in [0.25, 0.3) is 33.4 Å². The van der Waals surface area contributed by atoms with E-state index in [-0.39, 0.29) is 28.9 Å². The molecule has 0 saturated carbocycles. The van der Waals surface area contributed by atoms with Gasteiger partial charge < -0.3 is 19.5 Å². The highest BCUT2D eigenvalue weighted by Crippen LogP contribution is 2.42. The highest BCUT2D eigenvalue weighted by atomic mass is 32.2. The number of hydrogen-bond acceptors (Lipinski definition) is 6. The third-order valence-corrected chi connectivity index (χ3v) is 7.11. The minimum atomic E-state index is -4.07. The minimum Gasteiger partial charge on any atom is -0.478 e. The van der Waals surface area contributed by atoms with E-state index in [0.717, 1.165) is 5.36 Å². The number of aromatic carboxylic acids is 2. The van der Waals surface area contributed by atoms with Crippen LogP contribution in [0.4, 0.5) is 5.69 Å². The van der Waals surface area contributed by atoms with E-state index in [1.54, 1.807) is 25.2 Å². The average Bonchev–Trinajstić information content (AvgIpc) is 2.85. The molecule has 2 aromatic carbocycles. The van der Waals surface area contributed by atoms with Gasteiger partial charge in [-0.2, -0.15) is 8.42 Å². The maximum Gasteiger partial charge on any atom is 0.336 e. The Morgan fingerprint density at radius 2 is 1.68 bits per heavy atom. The molecule has 3 N–H and O–H groups in total. The molecular weight excluding hydrogens is 512 g/mol. The summed E-state index contributed by atoms with van der Waals surface area (Å²) in [7, 11) is 1.46. The molecule has 198 valence electrons. The van der Waals surface area contributed by atoms with Crippen molar-refractivity contribution in [3.05, 3.63) is 71.1 Å². The fourth-order valence-electron chi connectivity index (χ4n) is 4.36. The van der Waals surface area contributed by atoms with Gasteiger partial charge in [-0.25, -0.2) is 14.2 Å². The summed E-state index contributed by atoms with van der Waals surface area (Å²) in [4.78, 5) is 25.7. The third kappa shape index (κ3) is 5.53. The number of carboxylic acids is 2. The van der Waals surface area contributed by atoms with Gasteiger partial charge in [0.2, 0.25) is 5.36 Å². The summed E-state index contributed by atoms with van der Waals surface area (Å²) < 4.78 is 39.3. The summed E-state index contributed by atoms with van der Waals surface area (Å²) in [6.45, 7) is 0.348. The molecule has 10 nitrogen and oxygen atoms in total. The standard InChI is InChI=1S/C27H26N2O8S/c1-28(2)17-6-9-20-23(14-17)37-24-15-18(29(3)11-4-12-38(34,35)36)7-10-21(24)25(20)22-13-16(26(30)31)5-8-19(22)27(32)33/h5-10,13-15H,4,11-12H2,1-3H3,(H2-,30,31,32,33,34,35,36)/p+1. The topological polar surface area (TPSA) is 148 Å². The van der Waals surface area contributed by atoms with Gasteiger partial charge in [0.05, 0.1) is 22.9 Å². The molecule has 0 amide bonds. The van der Waals surface area contributed by atoms with E-state index in [1.165, 1.54) is 18.2 Å². The minimum absolute atomic E-state index is 0.0489. The van der Waals surface area contributed by atoms with E-state index in [2.05, 4.69) is 0 Å². The smallest absolute Gasteiger partial charge is 0.336 e. The molecule has 1 heterocycles. The number of anilines is 1. The highest BCUT2D eigenvalue weighted by Gasteiger charge is 2.24. The predicted octanol–water partition coefficient (Wildman–Crippen LogP) is 3.35. The van der Waals surface area contributed by atoms with Crippen molar-refractivity contribution in [1.82, 2.24) is 4.58 Å². The maximum atomic E-state index is 12.2. The second kappa shape index (κ2) is 10.3. The Morgan fingerprint density at radius 3 is 2.32 bits per heavy atom. The summed E-state index contributed by atoms with van der Waals surface area (Å²) in [6.07, 6.45) is 0.212. The molecule has 4 rings (SSSR count). The lowest BCUT2D eigenvalue weighted by atomic mass is 9.89. The molecule has 38 heavy (non-hydrogen) atoms. The molecule has 0 radical (unpaired) electrons. The second-order valence-corrected chi connectivity index (χ2v) is 10.7. The molecule has 0 fully saturated rings. The zero-order valence-corrected chi connectivity index (χ0v) is 21.8. The first-order chi connectivity index (χ1) is 17.9. The van der Waals surface area contributed by atoms with Gasteiger partial charge in [0.25, 0.3) is 10.1 Å². The van der Waals surface area contributed by atoms with Crippen LogP contribution < -0.4 is 14.8 Å². The van der Waals surface area contributed by atoms with E-state index in [1.807, 2.05) is 41.8 Å². The monoisotopic (exact) mass is 539 g/mol. The molecular formula is C27H27N2O8S+. The van der Waals surface area contributed by atoms with Crippen molar-refractivity contribution in [2.24, 2.45) is 0 Å². The van der Waals surface area contributed by atoms with Crippen LogP contribution in [0.1, 0.15) is 27.1 Å². The Morgan fingerprint density at radius 1 is 0.947 bits per heavy atom. The molecule has 0 bridgehead atoms. The quantitative estimate of drug-likeness (QED) is 0.174. The van der Waals surface area contributed by atoms with Crippen LogP contribution in [0, 0.1) is 0 Å². The first-order valence-corrected chi connectivity index (χ1v) is 13.2. The summed E-state index contributed by atoms with van der Waals surface area (Å²) in [5, 5.41) is 21.0. The Kier molecular flexibility index (Phi) is 7.25. The number of nitrogens with zero attached hydrogens (tertiary/aromatic N) is 2. The molecule has 2 aromatic rings. The van der Waals surface area contributed by atoms with Crippen molar-refractivity contribution in [2.75, 3.05) is 38.3 Å². The van der Waals surface area contributed by atoms with E-state index >= 15 is 0 Å². The van der Waals surface area contributed by atoms with Gasteiger partial charge in [-0.05, 0) is 48.4 Å². The zero-order chi connectivity index (χ0) is 27.8. The van der Waals surface area contributed by atoms with Gasteiger partial charge in [0.15, 0.2) is 0 Å². The van der Waals surface area contributed by atoms with E-state index in [0.29, 0.717) is 40.1 Å². The van der Waals surface area contributed by atoms with Crippen LogP contribution >= 0.6 is 0 Å². The van der Waals surface area contributed by atoms with Crippen molar-refractivity contribution in [1.29, 1.82) is 0 Å². The van der Waals surface area contributed by atoms with Crippen molar-refractivity contribution < 1.29 is 37.2 Å². The lowest BCUT2D eigenvalue weighted by Gasteiger charge is -2.21. The highest BCUT2D eigenvalue weighted by molar-refractivity contribution is 7.85. The van der Waals surface area contributed by atoms with Gasteiger partial charge in [-0.15, -0.1) is 0 Å². The summed E-state index contributed by atoms with van der Waals surface area (Å²) >= 11 is 0. The van der Waals surface area contributed by atoms with E-state index < -0.39 is 22.1 Å². The van der Waals surface area contributed by atoms with Gasteiger partial charge >= 0.3 is 11.9 Å². The first-order valence-electron chi connectivity index (χ1n) is 11.6. The number of hydrogen-bond donors (Lipinski definition) is 3. The number of benzene rings is 3. The van der Waals surface area contributed by atoms with Crippen molar-refractivity contribution >= 4 is 38.7 Å². The summed E-state index contributed by atoms with van der Waals surface area (Å²) in [5.41, 5.74) is 2.42. The first kappa shape index (κ1) is 26.8. The lowest BCUT2D eigenvalue weighted by Crippen LogP contribution is -2.21. The Hall–Kier alpha value is -4.22. The fraction of sp³-hybridized carbons (Fsp3) is 0.222. The molecule has 11 heteroatoms. The largest absolute Gasteiger partial charge is 0.478 e. The van der Waals surface area contributed by atoms with E-state index in [4.69, 9.17) is 8.97 Å². The normalized spacial score (nSPS) is 11.6. The molecule has 1 aliphatic carbocycles. The van der Waals surface area contributed by atoms with Crippen LogP contribution in [0.2, 0.25) is 0 Å². The number of carbonyl (C=O) groups is 2. The maximum absolute atomic E-state index is 12.2. The Labute approximate surface area is 218 Å². The Bertz CT molecular complexity index is 1720. The van der Waals surface area contributed by atoms with Crippen molar-refractivity contribution in [3.63, 3.8) is 0 Å². The third-order valence-electron chi connectivity index (χ3n) is 6.31. The molecule has 2 aliphatic rings. The number of rotatable bonds is 8. The zero-order valence-electron chi connectivity index (χ0n) is 21.0. The number of carboxylic acid groups (broad SMARTS) is 2. The molecule has 0 saturated heterocycles. The van der Waals surface area contributed by atoms with Gasteiger partial charge in [0, 0.05) is 47.9 Å². The predicted molar refractivity (Wildman–Crippen MR) is 144 cm³/mol. The van der Waals surface area contributed by atoms with Gasteiger partial charge in [-0.1, -0.05) is 0 Å². The van der Waals surface area contributed by atoms with E-state index in [9.17, 15) is 28.2 Å². The van der Waals surface area contributed by atoms with Gasteiger partial charge in [-0.3, -0.25) is 4.55 Å². The molecule has 0 aromatic heterocycles. The Balaban J connectivity index is 1.99. The molecule has 0 unspecified atom stereocenters. The SMILES string of the molecule is CN(CCCS(=O)(=O)O)c1ccc2c(-c3cc(C(=O)O)ccc3C(=O)O)c3ccc(=[N+](C)C)cc-3oc2c1. The lowest BCUT2D eigenvalue weighted by molar-refractivity contribution is 0.0682. The summed E-state index contributed by atoms with van der Waals surface area (Å²) in [6, 6.07) is 14.7. The molecule has 0 spiro atoms. The van der Waals surface area contributed by atoms with Crippen LogP contribution in [0.15, 0.2) is 59.0 Å². The van der Waals surface area contributed by atoms with Crippen molar-refractivity contribution in [2.45, 2.75) is 6.42 Å². The molecule has 0 atom stereocenters. The van der Waals surface area contributed by atoms with Gasteiger partial charge in [0.1, 0.15) is 25.4 Å². The summed E-state index contributed by atoms with van der Waals surface area (Å²) in [5.74, 6) is -2.27. The number of fused-ring (bicyclic) bond motifs is 2. The van der Waals surface area contributed by atoms with Crippen molar-refractivity contribution in [3.8, 4) is 22.5 Å².